The minimum Gasteiger partial charge on any atom is -0.317 e. The summed E-state index contributed by atoms with van der Waals surface area (Å²) in [5, 5.41) is 3.51. The first-order chi connectivity index (χ1) is 9.58. The summed E-state index contributed by atoms with van der Waals surface area (Å²) in [5.41, 5.74) is 6.50. The number of likely N-dealkylation sites (tertiary alicyclic amines) is 1. The second kappa shape index (κ2) is 5.50. The maximum atomic E-state index is 3.51. The third-order valence-electron chi connectivity index (χ3n) is 5.40. The van der Waals surface area contributed by atoms with Crippen molar-refractivity contribution in [2.45, 2.75) is 46.6 Å². The fourth-order valence-corrected chi connectivity index (χ4v) is 4.21. The molecule has 0 unspecified atom stereocenters. The van der Waals surface area contributed by atoms with Gasteiger partial charge in [-0.1, -0.05) is 17.7 Å². The summed E-state index contributed by atoms with van der Waals surface area (Å²) < 4.78 is 0. The molecule has 1 N–H and O–H groups in total. The molecule has 2 nitrogen and oxygen atoms in total. The van der Waals surface area contributed by atoms with Gasteiger partial charge >= 0.3 is 0 Å². The van der Waals surface area contributed by atoms with Gasteiger partial charge < -0.3 is 5.32 Å². The van der Waals surface area contributed by atoms with Gasteiger partial charge in [0, 0.05) is 13.1 Å². The van der Waals surface area contributed by atoms with E-state index in [1.165, 1.54) is 62.1 Å². The molecule has 2 heterocycles. The number of hydrogen-bond acceptors (Lipinski definition) is 2. The van der Waals surface area contributed by atoms with Crippen LogP contribution in [-0.2, 0) is 6.54 Å². The Hall–Kier alpha value is -0.860. The van der Waals surface area contributed by atoms with Crippen LogP contribution in [0.4, 0.5) is 0 Å². The average Bonchev–Trinajstić information content (AvgIpc) is 2.77. The highest BCUT2D eigenvalue weighted by molar-refractivity contribution is 5.37. The Bertz CT molecular complexity index is 463. The second-order valence-electron chi connectivity index (χ2n) is 7.09. The van der Waals surface area contributed by atoms with E-state index in [-0.39, 0.29) is 0 Å². The summed E-state index contributed by atoms with van der Waals surface area (Å²) in [6.07, 6.45) is 4.14. The van der Waals surface area contributed by atoms with Gasteiger partial charge in [-0.15, -0.1) is 0 Å². The standard InChI is InChI=1S/C18H28N2/c1-14-10-15(2)17(16(3)11-14)12-20-9-6-18(13-20)4-7-19-8-5-18/h10-11,19H,4-9,12-13H2,1-3H3. The van der Waals surface area contributed by atoms with E-state index < -0.39 is 0 Å². The SMILES string of the molecule is Cc1cc(C)c(CN2CCC3(CCNCC3)C2)c(C)c1. The van der Waals surface area contributed by atoms with Gasteiger partial charge in [-0.25, -0.2) is 0 Å². The van der Waals surface area contributed by atoms with E-state index in [9.17, 15) is 0 Å². The molecule has 2 aliphatic heterocycles. The van der Waals surface area contributed by atoms with Crippen molar-refractivity contribution in [3.05, 3.63) is 34.4 Å². The van der Waals surface area contributed by atoms with Crippen LogP contribution in [-0.4, -0.2) is 31.1 Å². The van der Waals surface area contributed by atoms with Crippen molar-refractivity contribution in [3.8, 4) is 0 Å². The first-order valence-electron chi connectivity index (χ1n) is 8.08. The molecule has 1 aromatic rings. The molecule has 2 aliphatic rings. The predicted octanol–water partition coefficient (Wildman–Crippen LogP) is 3.19. The smallest absolute Gasteiger partial charge is 0.0239 e. The maximum absolute atomic E-state index is 3.51. The lowest BCUT2D eigenvalue weighted by Crippen LogP contribution is -2.38. The molecule has 0 bridgehead atoms. The Morgan fingerprint density at radius 1 is 1.05 bits per heavy atom. The number of rotatable bonds is 2. The molecule has 1 spiro atoms. The summed E-state index contributed by atoms with van der Waals surface area (Å²) >= 11 is 0. The first kappa shape index (κ1) is 14.1. The van der Waals surface area contributed by atoms with E-state index in [0.29, 0.717) is 5.41 Å². The average molecular weight is 272 g/mol. The Balaban J connectivity index is 1.70. The van der Waals surface area contributed by atoms with E-state index in [4.69, 9.17) is 0 Å². The minimum atomic E-state index is 0.623. The van der Waals surface area contributed by atoms with E-state index in [0.717, 1.165) is 6.54 Å². The summed E-state index contributed by atoms with van der Waals surface area (Å²) in [5.74, 6) is 0. The van der Waals surface area contributed by atoms with Crippen molar-refractivity contribution in [2.24, 2.45) is 5.41 Å². The third kappa shape index (κ3) is 2.77. The highest BCUT2D eigenvalue weighted by atomic mass is 15.2. The van der Waals surface area contributed by atoms with Gasteiger partial charge in [0.2, 0.25) is 0 Å². The van der Waals surface area contributed by atoms with Crippen LogP contribution in [0.1, 0.15) is 41.5 Å². The van der Waals surface area contributed by atoms with Gasteiger partial charge in [0.1, 0.15) is 0 Å². The number of nitrogens with zero attached hydrogens (tertiary/aromatic N) is 1. The van der Waals surface area contributed by atoms with Crippen LogP contribution in [0.5, 0.6) is 0 Å². The van der Waals surface area contributed by atoms with Crippen molar-refractivity contribution >= 4 is 0 Å². The molecule has 1 aromatic carbocycles. The fourth-order valence-electron chi connectivity index (χ4n) is 4.21. The Morgan fingerprint density at radius 3 is 2.35 bits per heavy atom. The fraction of sp³-hybridized carbons (Fsp3) is 0.667. The van der Waals surface area contributed by atoms with E-state index >= 15 is 0 Å². The maximum Gasteiger partial charge on any atom is 0.0239 e. The van der Waals surface area contributed by atoms with Crippen molar-refractivity contribution in [1.82, 2.24) is 10.2 Å². The Kier molecular flexibility index (Phi) is 3.87. The Labute approximate surface area is 123 Å². The molecular weight excluding hydrogens is 244 g/mol. The lowest BCUT2D eigenvalue weighted by molar-refractivity contribution is 0.193. The Morgan fingerprint density at radius 2 is 1.70 bits per heavy atom. The van der Waals surface area contributed by atoms with E-state index in [2.05, 4.69) is 43.1 Å². The minimum absolute atomic E-state index is 0.623. The monoisotopic (exact) mass is 272 g/mol. The highest BCUT2D eigenvalue weighted by Crippen LogP contribution is 2.39. The summed E-state index contributed by atoms with van der Waals surface area (Å²) in [6.45, 7) is 12.9. The van der Waals surface area contributed by atoms with Crippen molar-refractivity contribution in [2.75, 3.05) is 26.2 Å². The number of nitrogens with one attached hydrogen (secondary N) is 1. The molecule has 20 heavy (non-hydrogen) atoms. The van der Waals surface area contributed by atoms with Crippen LogP contribution < -0.4 is 5.32 Å². The van der Waals surface area contributed by atoms with Crippen molar-refractivity contribution in [1.29, 1.82) is 0 Å². The number of aryl methyl sites for hydroxylation is 3. The molecule has 2 saturated heterocycles. The van der Waals surface area contributed by atoms with Crippen LogP contribution in [0, 0.1) is 26.2 Å². The molecule has 0 radical (unpaired) electrons. The highest BCUT2D eigenvalue weighted by Gasteiger charge is 2.38. The molecule has 0 aromatic heterocycles. The summed E-state index contributed by atoms with van der Waals surface area (Å²) in [6, 6.07) is 4.66. The molecule has 0 aliphatic carbocycles. The van der Waals surface area contributed by atoms with Crippen LogP contribution in [0.3, 0.4) is 0 Å². The second-order valence-corrected chi connectivity index (χ2v) is 7.09. The molecule has 0 saturated carbocycles. The topological polar surface area (TPSA) is 15.3 Å². The molecule has 2 heteroatoms. The largest absolute Gasteiger partial charge is 0.317 e. The van der Waals surface area contributed by atoms with E-state index in [1.54, 1.807) is 5.56 Å². The van der Waals surface area contributed by atoms with Crippen molar-refractivity contribution < 1.29 is 0 Å². The van der Waals surface area contributed by atoms with Gasteiger partial charge in [0.25, 0.3) is 0 Å². The zero-order valence-electron chi connectivity index (χ0n) is 13.3. The van der Waals surface area contributed by atoms with Gasteiger partial charge in [0.15, 0.2) is 0 Å². The first-order valence-corrected chi connectivity index (χ1v) is 8.08. The van der Waals surface area contributed by atoms with Crippen LogP contribution in [0.2, 0.25) is 0 Å². The molecule has 2 fully saturated rings. The van der Waals surface area contributed by atoms with Crippen LogP contribution in [0.15, 0.2) is 12.1 Å². The lowest BCUT2D eigenvalue weighted by atomic mass is 9.78. The molecule has 110 valence electrons. The summed E-state index contributed by atoms with van der Waals surface area (Å²) in [7, 11) is 0. The van der Waals surface area contributed by atoms with Crippen LogP contribution in [0.25, 0.3) is 0 Å². The summed E-state index contributed by atoms with van der Waals surface area (Å²) in [4.78, 5) is 2.69. The molecular formula is C18H28N2. The zero-order valence-corrected chi connectivity index (χ0v) is 13.3. The van der Waals surface area contributed by atoms with Gasteiger partial charge in [-0.05, 0) is 81.8 Å². The van der Waals surface area contributed by atoms with Crippen molar-refractivity contribution in [3.63, 3.8) is 0 Å². The van der Waals surface area contributed by atoms with Gasteiger partial charge in [-0.3, -0.25) is 4.90 Å². The van der Waals surface area contributed by atoms with E-state index in [1.807, 2.05) is 0 Å². The molecule has 0 amide bonds. The zero-order chi connectivity index (χ0) is 14.2. The van der Waals surface area contributed by atoms with Crippen LogP contribution >= 0.6 is 0 Å². The molecule has 3 rings (SSSR count). The predicted molar refractivity (Wildman–Crippen MR) is 85.1 cm³/mol. The normalized spacial score (nSPS) is 22.6. The third-order valence-corrected chi connectivity index (χ3v) is 5.40. The molecule has 0 atom stereocenters. The quantitative estimate of drug-likeness (QED) is 0.889. The lowest BCUT2D eigenvalue weighted by Gasteiger charge is -2.34. The number of piperidine rings is 1. The van der Waals surface area contributed by atoms with Gasteiger partial charge in [0.05, 0.1) is 0 Å². The number of benzene rings is 1. The van der Waals surface area contributed by atoms with Gasteiger partial charge in [-0.2, -0.15) is 0 Å². The number of hydrogen-bond donors (Lipinski definition) is 1.